The van der Waals surface area contributed by atoms with Gasteiger partial charge < -0.3 is 10.1 Å². The third kappa shape index (κ3) is 3.69. The first kappa shape index (κ1) is 17.1. The van der Waals surface area contributed by atoms with Crippen LogP contribution in [0.15, 0.2) is 30.5 Å². The van der Waals surface area contributed by atoms with Gasteiger partial charge in [-0.3, -0.25) is 14.7 Å². The van der Waals surface area contributed by atoms with Gasteiger partial charge >= 0.3 is 5.97 Å². The van der Waals surface area contributed by atoms with Gasteiger partial charge in [0, 0.05) is 13.1 Å². The number of rotatable bonds is 5. The van der Waals surface area contributed by atoms with Crippen molar-refractivity contribution in [1.29, 1.82) is 0 Å². The fourth-order valence-electron chi connectivity index (χ4n) is 2.16. The zero-order valence-electron chi connectivity index (χ0n) is 14.1. The Morgan fingerprint density at radius 2 is 2.08 bits per heavy atom. The van der Waals surface area contributed by atoms with Crippen LogP contribution < -0.4 is 5.32 Å². The van der Waals surface area contributed by atoms with E-state index < -0.39 is 11.4 Å². The summed E-state index contributed by atoms with van der Waals surface area (Å²) >= 11 is 1.50. The zero-order chi connectivity index (χ0) is 18.0. The number of nitrogens with one attached hydrogen (secondary N) is 2. The first-order valence-electron chi connectivity index (χ1n) is 7.71. The van der Waals surface area contributed by atoms with E-state index in [1.807, 2.05) is 24.3 Å². The second kappa shape index (κ2) is 6.64. The second-order valence-electron chi connectivity index (χ2n) is 6.25. The highest BCUT2D eigenvalue weighted by Gasteiger charge is 2.30. The molecule has 3 rings (SSSR count). The normalized spacial score (nSPS) is 11.5. The van der Waals surface area contributed by atoms with E-state index in [1.165, 1.54) is 18.3 Å². The average Bonchev–Trinajstić information content (AvgIpc) is 3.18. The molecule has 0 bridgehead atoms. The van der Waals surface area contributed by atoms with Gasteiger partial charge in [-0.25, -0.2) is 4.98 Å². The summed E-state index contributed by atoms with van der Waals surface area (Å²) in [7, 11) is 0. The van der Waals surface area contributed by atoms with Crippen LogP contribution in [0.4, 0.5) is 5.69 Å². The number of aromatic amines is 1. The van der Waals surface area contributed by atoms with Crippen LogP contribution >= 0.6 is 11.3 Å². The maximum absolute atomic E-state index is 12.5. The molecular formula is C17H18N4O3S. The summed E-state index contributed by atoms with van der Waals surface area (Å²) in [5.74, 6) is -0.683. The summed E-state index contributed by atoms with van der Waals surface area (Å²) in [4.78, 5) is 28.1. The number of anilines is 1. The number of hydrogen-bond donors (Lipinski definition) is 2. The maximum Gasteiger partial charge on any atom is 0.302 e. The van der Waals surface area contributed by atoms with Gasteiger partial charge in [-0.2, -0.15) is 5.10 Å². The molecule has 130 valence electrons. The Bertz CT molecular complexity index is 896. The minimum absolute atomic E-state index is 0.00247. The van der Waals surface area contributed by atoms with Crippen LogP contribution in [-0.2, 0) is 14.3 Å². The summed E-state index contributed by atoms with van der Waals surface area (Å²) in [5, 5.41) is 10.5. The number of para-hydroxylation sites is 1. The first-order valence-corrected chi connectivity index (χ1v) is 8.53. The fourth-order valence-corrected chi connectivity index (χ4v) is 3.13. The Kier molecular flexibility index (Phi) is 4.54. The monoisotopic (exact) mass is 358 g/mol. The van der Waals surface area contributed by atoms with Crippen LogP contribution in [0.1, 0.15) is 20.8 Å². The number of esters is 1. The van der Waals surface area contributed by atoms with E-state index in [-0.39, 0.29) is 12.5 Å². The van der Waals surface area contributed by atoms with Crippen LogP contribution in [-0.4, -0.2) is 33.7 Å². The van der Waals surface area contributed by atoms with Crippen molar-refractivity contribution in [2.24, 2.45) is 5.41 Å². The van der Waals surface area contributed by atoms with Crippen LogP contribution in [0, 0.1) is 5.41 Å². The summed E-state index contributed by atoms with van der Waals surface area (Å²) in [6.45, 7) is 4.74. The molecule has 0 aliphatic rings. The lowest BCUT2D eigenvalue weighted by atomic mass is 9.93. The van der Waals surface area contributed by atoms with Gasteiger partial charge in [0.2, 0.25) is 5.91 Å². The number of H-pyrrole nitrogens is 1. The summed E-state index contributed by atoms with van der Waals surface area (Å²) in [5.41, 5.74) is 1.14. The third-order valence-corrected chi connectivity index (χ3v) is 4.68. The highest BCUT2D eigenvalue weighted by Crippen LogP contribution is 2.33. The predicted molar refractivity (Wildman–Crippen MR) is 96.2 cm³/mol. The van der Waals surface area contributed by atoms with E-state index >= 15 is 0 Å². The Balaban J connectivity index is 1.82. The lowest BCUT2D eigenvalue weighted by molar-refractivity contribution is -0.146. The molecule has 0 spiro atoms. The third-order valence-electron chi connectivity index (χ3n) is 3.64. The summed E-state index contributed by atoms with van der Waals surface area (Å²) in [6, 6.07) is 7.80. The first-order chi connectivity index (χ1) is 11.9. The Labute approximate surface area is 148 Å². The number of aromatic nitrogens is 3. The number of nitrogens with zero attached hydrogens (tertiary/aromatic N) is 2. The SMILES string of the molecule is CC(=O)OCC(C)(C)C(=O)Nc1c[nH]nc1-c1nc2ccccc2s1. The lowest BCUT2D eigenvalue weighted by Crippen LogP contribution is -2.35. The molecule has 0 saturated heterocycles. The van der Waals surface area contributed by atoms with Gasteiger partial charge in [-0.15, -0.1) is 11.3 Å². The fraction of sp³-hybridized carbons (Fsp3) is 0.294. The van der Waals surface area contributed by atoms with Crippen LogP contribution in [0.5, 0.6) is 0 Å². The highest BCUT2D eigenvalue weighted by molar-refractivity contribution is 7.21. The molecule has 0 atom stereocenters. The molecule has 1 aromatic carbocycles. The van der Waals surface area contributed by atoms with Crippen molar-refractivity contribution in [3.8, 4) is 10.7 Å². The predicted octanol–water partition coefficient (Wildman–Crippen LogP) is 3.21. The molecule has 2 heterocycles. The van der Waals surface area contributed by atoms with Crippen LogP contribution in [0.25, 0.3) is 20.9 Å². The van der Waals surface area contributed by atoms with E-state index in [1.54, 1.807) is 20.0 Å². The van der Waals surface area contributed by atoms with Crippen molar-refractivity contribution in [2.75, 3.05) is 11.9 Å². The molecule has 0 fully saturated rings. The maximum atomic E-state index is 12.5. The van der Waals surface area contributed by atoms with E-state index in [2.05, 4.69) is 20.5 Å². The van der Waals surface area contributed by atoms with Crippen molar-refractivity contribution in [1.82, 2.24) is 15.2 Å². The van der Waals surface area contributed by atoms with E-state index in [0.717, 1.165) is 15.2 Å². The van der Waals surface area contributed by atoms with E-state index in [0.29, 0.717) is 11.4 Å². The van der Waals surface area contributed by atoms with Crippen molar-refractivity contribution < 1.29 is 14.3 Å². The quantitative estimate of drug-likeness (QED) is 0.683. The molecular weight excluding hydrogens is 340 g/mol. The van der Waals surface area contributed by atoms with Gasteiger partial charge in [0.15, 0.2) is 0 Å². The average molecular weight is 358 g/mol. The second-order valence-corrected chi connectivity index (χ2v) is 7.28. The number of thiazole rings is 1. The lowest BCUT2D eigenvalue weighted by Gasteiger charge is -2.22. The zero-order valence-corrected chi connectivity index (χ0v) is 14.9. The molecule has 2 N–H and O–H groups in total. The van der Waals surface area contributed by atoms with Crippen molar-refractivity contribution in [3.05, 3.63) is 30.5 Å². The van der Waals surface area contributed by atoms with Gasteiger partial charge in [-0.05, 0) is 26.0 Å². The minimum atomic E-state index is -0.867. The smallest absolute Gasteiger partial charge is 0.302 e. The molecule has 1 amide bonds. The Hall–Kier alpha value is -2.74. The molecule has 0 saturated carbocycles. The minimum Gasteiger partial charge on any atom is -0.465 e. The number of amides is 1. The largest absolute Gasteiger partial charge is 0.465 e. The highest BCUT2D eigenvalue weighted by atomic mass is 32.1. The van der Waals surface area contributed by atoms with Gasteiger partial charge in [0.25, 0.3) is 0 Å². The number of hydrogen-bond acceptors (Lipinski definition) is 6. The standard InChI is InChI=1S/C17H18N4O3S/c1-10(22)24-9-17(2,3)16(23)20-12-8-18-21-14(12)15-19-11-6-4-5-7-13(11)25-15/h4-8H,9H2,1-3H3,(H,18,21)(H,20,23). The molecule has 0 radical (unpaired) electrons. The van der Waals surface area contributed by atoms with Crippen molar-refractivity contribution in [2.45, 2.75) is 20.8 Å². The molecule has 8 heteroatoms. The van der Waals surface area contributed by atoms with Crippen LogP contribution in [0.2, 0.25) is 0 Å². The summed E-state index contributed by atoms with van der Waals surface area (Å²) in [6.07, 6.45) is 1.61. The molecule has 25 heavy (non-hydrogen) atoms. The van der Waals surface area contributed by atoms with Gasteiger partial charge in [-0.1, -0.05) is 12.1 Å². The molecule has 2 aromatic heterocycles. The molecule has 3 aromatic rings. The molecule has 7 nitrogen and oxygen atoms in total. The topological polar surface area (TPSA) is 97.0 Å². The molecule has 0 unspecified atom stereocenters. The van der Waals surface area contributed by atoms with Crippen LogP contribution in [0.3, 0.4) is 0 Å². The van der Waals surface area contributed by atoms with E-state index in [9.17, 15) is 9.59 Å². The van der Waals surface area contributed by atoms with Gasteiger partial charge in [0.05, 0.1) is 21.3 Å². The van der Waals surface area contributed by atoms with Gasteiger partial charge in [0.1, 0.15) is 17.3 Å². The Morgan fingerprint density at radius 1 is 1.32 bits per heavy atom. The number of ether oxygens (including phenoxy) is 1. The summed E-state index contributed by atoms with van der Waals surface area (Å²) < 4.78 is 6.02. The number of carbonyl (C=O) groups is 2. The number of fused-ring (bicyclic) bond motifs is 1. The van der Waals surface area contributed by atoms with Crippen molar-refractivity contribution >= 4 is 39.1 Å². The Morgan fingerprint density at radius 3 is 2.80 bits per heavy atom. The number of carbonyl (C=O) groups excluding carboxylic acids is 2. The number of benzene rings is 1. The molecule has 0 aliphatic carbocycles. The molecule has 0 aliphatic heterocycles. The van der Waals surface area contributed by atoms with E-state index in [4.69, 9.17) is 4.74 Å². The van der Waals surface area contributed by atoms with Crippen molar-refractivity contribution in [3.63, 3.8) is 0 Å².